The fourth-order valence-electron chi connectivity index (χ4n) is 3.46. The molecule has 4 rings (SSSR count). The maximum atomic E-state index is 10.7. The topological polar surface area (TPSA) is 74.6 Å². The van der Waals surface area contributed by atoms with Crippen LogP contribution >= 0.6 is 0 Å². The molecule has 5 heteroatoms. The number of hydrogen-bond donors (Lipinski definition) is 2. The molecule has 0 amide bonds. The zero-order chi connectivity index (χ0) is 23.8. The van der Waals surface area contributed by atoms with Crippen LogP contribution in [0.25, 0.3) is 0 Å². The summed E-state index contributed by atoms with van der Waals surface area (Å²) in [4.78, 5) is 21.4. The minimum atomic E-state index is -1.83. The second-order valence-corrected chi connectivity index (χ2v) is 13.7. The summed E-state index contributed by atoms with van der Waals surface area (Å²) in [7, 11) is 0. The molecule has 0 aliphatic carbocycles. The van der Waals surface area contributed by atoms with Crippen molar-refractivity contribution in [2.24, 2.45) is 0 Å². The Bertz CT molecular complexity index is 1090. The Morgan fingerprint density at radius 1 is 0.515 bits per heavy atom. The molecule has 0 saturated heterocycles. The molecule has 0 spiro atoms. The first-order valence-electron chi connectivity index (χ1n) is 10.4. The minimum absolute atomic E-state index is 0.146. The number of hydrogen-bond acceptors (Lipinski definition) is 2. The molecule has 2 N–H and O–H groups in total. The first-order chi connectivity index (χ1) is 15.9. The molecule has 0 bridgehead atoms. The van der Waals surface area contributed by atoms with E-state index < -0.39 is 32.1 Å². The predicted molar refractivity (Wildman–Crippen MR) is 134 cm³/mol. The number of carboxylic acids is 2. The third-order valence-corrected chi connectivity index (χ3v) is 12.3. The van der Waals surface area contributed by atoms with Crippen LogP contribution in [-0.4, -0.2) is 42.4 Å². The molecule has 0 saturated carbocycles. The number of benzene rings is 4. The van der Waals surface area contributed by atoms with Gasteiger partial charge in [-0.05, 0) is 37.1 Å². The molecule has 4 nitrogen and oxygen atoms in total. The Balaban J connectivity index is 0.000000196. The van der Waals surface area contributed by atoms with Crippen LogP contribution in [0, 0.1) is 13.8 Å². The monoisotopic (exact) mass is 546 g/mol. The van der Waals surface area contributed by atoms with Gasteiger partial charge in [-0.1, -0.05) is 0 Å². The van der Waals surface area contributed by atoms with Crippen LogP contribution in [0.3, 0.4) is 0 Å². The normalized spacial score (nSPS) is 10.3. The Morgan fingerprint density at radius 2 is 0.788 bits per heavy atom. The molecule has 33 heavy (non-hydrogen) atoms. The summed E-state index contributed by atoms with van der Waals surface area (Å²) in [5.41, 5.74) is 1.29. The van der Waals surface area contributed by atoms with Crippen molar-refractivity contribution in [2.45, 2.75) is 13.8 Å². The van der Waals surface area contributed by atoms with Gasteiger partial charge in [0.2, 0.25) is 0 Å². The number of carboxylic acid groups (broad SMARTS) is 2. The second-order valence-electron chi connectivity index (χ2n) is 7.36. The van der Waals surface area contributed by atoms with E-state index in [2.05, 4.69) is 91.0 Å². The van der Waals surface area contributed by atoms with Gasteiger partial charge < -0.3 is 10.2 Å². The Labute approximate surface area is 201 Å². The maximum absolute atomic E-state index is 10.7. The molecule has 0 aliphatic rings. The van der Waals surface area contributed by atoms with Crippen LogP contribution in [-0.2, 0) is 0 Å². The van der Waals surface area contributed by atoms with Crippen LogP contribution < -0.4 is 10.5 Å². The van der Waals surface area contributed by atoms with Gasteiger partial charge in [0.25, 0.3) is 0 Å². The number of carbonyl (C=O) groups is 2. The van der Waals surface area contributed by atoms with Gasteiger partial charge in [0.05, 0.1) is 11.1 Å². The van der Waals surface area contributed by atoms with Gasteiger partial charge in [-0.2, -0.15) is 0 Å². The van der Waals surface area contributed by atoms with Crippen LogP contribution in [0.2, 0.25) is 0 Å². The zero-order valence-electron chi connectivity index (χ0n) is 18.5. The number of rotatable bonds is 5. The molecule has 0 aromatic heterocycles. The van der Waals surface area contributed by atoms with Gasteiger partial charge in [0, 0.05) is 0 Å². The van der Waals surface area contributed by atoms with Gasteiger partial charge in [0.15, 0.2) is 0 Å². The van der Waals surface area contributed by atoms with E-state index in [0.717, 1.165) is 0 Å². The van der Waals surface area contributed by atoms with Crippen molar-refractivity contribution in [3.63, 3.8) is 0 Å². The first kappa shape index (κ1) is 24.3. The molecular formula is C28H25O4Sb. The summed E-state index contributed by atoms with van der Waals surface area (Å²) < 4.78 is 4.55. The van der Waals surface area contributed by atoms with E-state index in [1.54, 1.807) is 13.8 Å². The van der Waals surface area contributed by atoms with Crippen molar-refractivity contribution in [1.82, 2.24) is 0 Å². The van der Waals surface area contributed by atoms with Gasteiger partial charge in [-0.3, -0.25) is 0 Å². The van der Waals surface area contributed by atoms with E-state index in [1.807, 2.05) is 0 Å². The van der Waals surface area contributed by atoms with Crippen LogP contribution in [0.4, 0.5) is 0 Å². The van der Waals surface area contributed by atoms with Crippen molar-refractivity contribution >= 4 is 42.7 Å². The molecular weight excluding hydrogens is 522 g/mol. The third kappa shape index (κ3) is 6.12. The van der Waals surface area contributed by atoms with Crippen molar-refractivity contribution in [1.29, 1.82) is 0 Å². The first-order valence-corrected chi connectivity index (χ1v) is 14.2. The molecule has 0 heterocycles. The fraction of sp³-hybridized carbons (Fsp3) is 0.0714. The summed E-state index contributed by atoms with van der Waals surface area (Å²) in [6.07, 6.45) is 0. The summed E-state index contributed by atoms with van der Waals surface area (Å²) in [6.45, 7) is 3.20. The predicted octanol–water partition coefficient (Wildman–Crippen LogP) is 3.90. The van der Waals surface area contributed by atoms with Gasteiger partial charge >= 0.3 is 134 Å². The van der Waals surface area contributed by atoms with E-state index in [1.165, 1.54) is 22.7 Å². The molecule has 0 aliphatic heterocycles. The molecule has 0 radical (unpaired) electrons. The summed E-state index contributed by atoms with van der Waals surface area (Å²) in [5, 5.41) is 17.5. The van der Waals surface area contributed by atoms with Crippen molar-refractivity contribution in [2.75, 3.05) is 0 Å². The molecule has 0 fully saturated rings. The van der Waals surface area contributed by atoms with Gasteiger partial charge in [-0.15, -0.1) is 0 Å². The van der Waals surface area contributed by atoms with Crippen LogP contribution in [0.5, 0.6) is 0 Å². The zero-order valence-corrected chi connectivity index (χ0v) is 21.0. The molecule has 166 valence electrons. The number of aromatic carboxylic acids is 2. The van der Waals surface area contributed by atoms with E-state index >= 15 is 0 Å². The molecule has 4 aromatic carbocycles. The SMILES string of the molecule is Cc1c(C(=O)O)ccc(C(=O)O)c1C.c1cc[c]([Sb]([c]2ccccc2)[c]2ccccc2)cc1. The van der Waals surface area contributed by atoms with E-state index in [-0.39, 0.29) is 11.1 Å². The van der Waals surface area contributed by atoms with Crippen molar-refractivity contribution in [3.8, 4) is 0 Å². The van der Waals surface area contributed by atoms with Crippen LogP contribution in [0.15, 0.2) is 103 Å². The Hall–Kier alpha value is -3.36. The molecule has 0 atom stereocenters. The summed E-state index contributed by atoms with van der Waals surface area (Å²) >= 11 is -1.83. The Morgan fingerprint density at radius 3 is 1.03 bits per heavy atom. The second kappa shape index (κ2) is 11.5. The standard InChI is InChI=1S/C10H10O4.3C6H5.Sb/c1-5-6(2)8(10(13)14)4-3-7(5)9(11)12;3*1-2-4-6-5-3-1;/h3-4H,1-2H3,(H,11,12)(H,13,14);3*1-5H;. The van der Waals surface area contributed by atoms with E-state index in [9.17, 15) is 9.59 Å². The summed E-state index contributed by atoms with van der Waals surface area (Å²) in [5.74, 6) is -2.08. The van der Waals surface area contributed by atoms with Gasteiger partial charge in [-0.25, -0.2) is 9.59 Å². The molecule has 4 aromatic rings. The molecule has 0 unspecified atom stereocenters. The Kier molecular flexibility index (Phi) is 8.45. The fourth-order valence-corrected chi connectivity index (χ4v) is 10.0. The van der Waals surface area contributed by atoms with Crippen molar-refractivity contribution in [3.05, 3.63) is 125 Å². The van der Waals surface area contributed by atoms with E-state index in [4.69, 9.17) is 10.2 Å². The average Bonchev–Trinajstić information content (AvgIpc) is 2.83. The van der Waals surface area contributed by atoms with E-state index in [0.29, 0.717) is 11.1 Å². The van der Waals surface area contributed by atoms with Crippen molar-refractivity contribution < 1.29 is 19.8 Å². The van der Waals surface area contributed by atoms with Crippen LogP contribution in [0.1, 0.15) is 31.8 Å². The van der Waals surface area contributed by atoms with Gasteiger partial charge in [0.1, 0.15) is 0 Å². The third-order valence-electron chi connectivity index (χ3n) is 5.29. The average molecular weight is 547 g/mol. The summed E-state index contributed by atoms with van der Waals surface area (Å²) in [6, 6.07) is 35.5. The quantitative estimate of drug-likeness (QED) is 0.372.